The highest BCUT2D eigenvalue weighted by Gasteiger charge is 2.19. The topological polar surface area (TPSA) is 70.1 Å². The number of aryl methyl sites for hydroxylation is 1. The molecule has 1 aromatic heterocycles. The molecule has 0 unspecified atom stereocenters. The molecular formula is C13H22N4O. The Morgan fingerprint density at radius 1 is 1.22 bits per heavy atom. The van der Waals surface area contributed by atoms with Crippen LogP contribution in [0.15, 0.2) is 6.07 Å². The van der Waals surface area contributed by atoms with Crippen LogP contribution < -0.4 is 10.6 Å². The summed E-state index contributed by atoms with van der Waals surface area (Å²) < 4.78 is 0. The molecular weight excluding hydrogens is 228 g/mol. The summed E-state index contributed by atoms with van der Waals surface area (Å²) in [5.74, 6) is 2.58. The van der Waals surface area contributed by atoms with Gasteiger partial charge in [0.25, 0.3) is 0 Å². The van der Waals surface area contributed by atoms with Gasteiger partial charge in [-0.05, 0) is 25.7 Å². The van der Waals surface area contributed by atoms with E-state index in [0.717, 1.165) is 49.6 Å². The second kappa shape index (κ2) is 6.00. The van der Waals surface area contributed by atoms with Gasteiger partial charge in [-0.1, -0.05) is 6.92 Å². The summed E-state index contributed by atoms with van der Waals surface area (Å²) in [5.41, 5.74) is 0. The van der Waals surface area contributed by atoms with Crippen molar-refractivity contribution in [3.8, 4) is 0 Å². The number of anilines is 2. The number of nitrogens with zero attached hydrogens (tertiary/aromatic N) is 2. The Bertz CT molecular complexity index is 366. The predicted octanol–water partition coefficient (Wildman–Crippen LogP) is 1.80. The molecule has 1 saturated carbocycles. The lowest BCUT2D eigenvalue weighted by Crippen LogP contribution is -2.28. The molecule has 5 nitrogen and oxygen atoms in total. The first-order chi connectivity index (χ1) is 8.71. The van der Waals surface area contributed by atoms with Crippen molar-refractivity contribution < 1.29 is 5.11 Å². The predicted molar refractivity (Wildman–Crippen MR) is 72.8 cm³/mol. The molecule has 3 N–H and O–H groups in total. The molecule has 0 atom stereocenters. The Hall–Kier alpha value is -1.36. The molecule has 5 heteroatoms. The maximum atomic E-state index is 9.49. The van der Waals surface area contributed by atoms with Crippen LogP contribution >= 0.6 is 0 Å². The normalized spacial score (nSPS) is 23.7. The monoisotopic (exact) mass is 250 g/mol. The number of aromatic nitrogens is 2. The van der Waals surface area contributed by atoms with Crippen molar-refractivity contribution in [2.75, 3.05) is 17.7 Å². The summed E-state index contributed by atoms with van der Waals surface area (Å²) in [6.07, 6.45) is 4.47. The maximum absolute atomic E-state index is 9.49. The molecule has 0 aliphatic heterocycles. The van der Waals surface area contributed by atoms with Gasteiger partial charge in [0.15, 0.2) is 0 Å². The number of aliphatic hydroxyl groups is 1. The fourth-order valence-corrected chi connectivity index (χ4v) is 2.29. The van der Waals surface area contributed by atoms with Crippen LogP contribution in [0.1, 0.15) is 38.4 Å². The van der Waals surface area contributed by atoms with E-state index in [1.807, 2.05) is 13.1 Å². The third-order valence-corrected chi connectivity index (χ3v) is 3.39. The first kappa shape index (κ1) is 13.1. The van der Waals surface area contributed by atoms with Crippen LogP contribution in [-0.4, -0.2) is 34.3 Å². The average molecular weight is 250 g/mol. The van der Waals surface area contributed by atoms with Crippen molar-refractivity contribution in [3.05, 3.63) is 11.9 Å². The number of nitrogens with one attached hydrogen (secondary N) is 2. The number of rotatable bonds is 4. The van der Waals surface area contributed by atoms with Crippen molar-refractivity contribution in [2.24, 2.45) is 0 Å². The van der Waals surface area contributed by atoms with Crippen molar-refractivity contribution in [1.82, 2.24) is 9.97 Å². The standard InChI is InChI=1S/C13H22N4O/c1-3-11-16-12(14-2)8-13(17-11)15-9-4-6-10(18)7-5-9/h8-10,18H,3-7H2,1-2H3,(H2,14,15,16,17). The Morgan fingerprint density at radius 3 is 2.50 bits per heavy atom. The average Bonchev–Trinajstić information content (AvgIpc) is 2.41. The lowest BCUT2D eigenvalue weighted by molar-refractivity contribution is 0.126. The van der Waals surface area contributed by atoms with Crippen molar-refractivity contribution in [3.63, 3.8) is 0 Å². The van der Waals surface area contributed by atoms with Crippen molar-refractivity contribution in [1.29, 1.82) is 0 Å². The fraction of sp³-hybridized carbons (Fsp3) is 0.692. The van der Waals surface area contributed by atoms with E-state index in [1.54, 1.807) is 0 Å². The Morgan fingerprint density at radius 2 is 1.89 bits per heavy atom. The van der Waals surface area contributed by atoms with E-state index < -0.39 is 0 Å². The van der Waals surface area contributed by atoms with E-state index in [1.165, 1.54) is 0 Å². The molecule has 1 aromatic rings. The molecule has 2 rings (SSSR count). The SMILES string of the molecule is CCc1nc(NC)cc(NC2CCC(O)CC2)n1. The maximum Gasteiger partial charge on any atom is 0.132 e. The molecule has 0 saturated heterocycles. The summed E-state index contributed by atoms with van der Waals surface area (Å²) in [5, 5.41) is 16.0. The zero-order valence-electron chi connectivity index (χ0n) is 11.1. The molecule has 0 spiro atoms. The van der Waals surface area contributed by atoms with E-state index >= 15 is 0 Å². The molecule has 0 radical (unpaired) electrons. The van der Waals surface area contributed by atoms with E-state index in [2.05, 4.69) is 27.5 Å². The molecule has 0 amide bonds. The third-order valence-electron chi connectivity index (χ3n) is 3.39. The van der Waals surface area contributed by atoms with Crippen LogP contribution in [0, 0.1) is 0 Å². The van der Waals surface area contributed by atoms with E-state index in [-0.39, 0.29) is 6.10 Å². The van der Waals surface area contributed by atoms with Crippen LogP contribution in [0.4, 0.5) is 11.6 Å². The lowest BCUT2D eigenvalue weighted by atomic mass is 9.93. The van der Waals surface area contributed by atoms with Crippen molar-refractivity contribution in [2.45, 2.75) is 51.2 Å². The Labute approximate surface area is 108 Å². The molecule has 1 aliphatic rings. The first-order valence-electron chi connectivity index (χ1n) is 6.71. The highest BCUT2D eigenvalue weighted by Crippen LogP contribution is 2.22. The molecule has 100 valence electrons. The van der Waals surface area contributed by atoms with Gasteiger partial charge in [0.2, 0.25) is 0 Å². The van der Waals surface area contributed by atoms with E-state index in [0.29, 0.717) is 6.04 Å². The van der Waals surface area contributed by atoms with Crippen molar-refractivity contribution >= 4 is 11.6 Å². The largest absolute Gasteiger partial charge is 0.393 e. The summed E-state index contributed by atoms with van der Waals surface area (Å²) in [6, 6.07) is 2.35. The van der Waals surface area contributed by atoms with Crippen LogP contribution in [0.5, 0.6) is 0 Å². The second-order valence-corrected chi connectivity index (χ2v) is 4.81. The quantitative estimate of drug-likeness (QED) is 0.760. The minimum Gasteiger partial charge on any atom is -0.393 e. The zero-order valence-corrected chi connectivity index (χ0v) is 11.1. The highest BCUT2D eigenvalue weighted by atomic mass is 16.3. The Balaban J connectivity index is 2.03. The molecule has 1 heterocycles. The molecule has 0 bridgehead atoms. The van der Waals surface area contributed by atoms with Gasteiger partial charge in [-0.15, -0.1) is 0 Å². The van der Waals surface area contributed by atoms with Crippen LogP contribution in [0.3, 0.4) is 0 Å². The van der Waals surface area contributed by atoms with Gasteiger partial charge in [0, 0.05) is 25.6 Å². The molecule has 1 fully saturated rings. The highest BCUT2D eigenvalue weighted by molar-refractivity contribution is 5.47. The van der Waals surface area contributed by atoms with Gasteiger partial charge in [-0.3, -0.25) is 0 Å². The molecule has 1 aliphatic carbocycles. The van der Waals surface area contributed by atoms with Crippen LogP contribution in [-0.2, 0) is 6.42 Å². The summed E-state index contributed by atoms with van der Waals surface area (Å²) in [6.45, 7) is 2.05. The van der Waals surface area contributed by atoms with Gasteiger partial charge in [0.05, 0.1) is 6.10 Å². The lowest BCUT2D eigenvalue weighted by Gasteiger charge is -2.26. The fourth-order valence-electron chi connectivity index (χ4n) is 2.29. The summed E-state index contributed by atoms with van der Waals surface area (Å²) in [7, 11) is 1.86. The number of hydrogen-bond acceptors (Lipinski definition) is 5. The van der Waals surface area contributed by atoms with Gasteiger partial charge >= 0.3 is 0 Å². The second-order valence-electron chi connectivity index (χ2n) is 4.81. The Kier molecular flexibility index (Phi) is 4.36. The summed E-state index contributed by atoms with van der Waals surface area (Å²) in [4.78, 5) is 8.86. The zero-order chi connectivity index (χ0) is 13.0. The molecule has 0 aromatic carbocycles. The van der Waals surface area contributed by atoms with Gasteiger partial charge in [0.1, 0.15) is 17.5 Å². The van der Waals surface area contributed by atoms with Crippen LogP contribution in [0.2, 0.25) is 0 Å². The molecule has 18 heavy (non-hydrogen) atoms. The first-order valence-corrected chi connectivity index (χ1v) is 6.71. The van der Waals surface area contributed by atoms with Gasteiger partial charge in [-0.25, -0.2) is 9.97 Å². The van der Waals surface area contributed by atoms with E-state index in [4.69, 9.17) is 0 Å². The number of hydrogen-bond donors (Lipinski definition) is 3. The van der Waals surface area contributed by atoms with Gasteiger partial charge < -0.3 is 15.7 Å². The van der Waals surface area contributed by atoms with E-state index in [9.17, 15) is 5.11 Å². The minimum atomic E-state index is -0.118. The van der Waals surface area contributed by atoms with Gasteiger partial charge in [-0.2, -0.15) is 0 Å². The smallest absolute Gasteiger partial charge is 0.132 e. The summed E-state index contributed by atoms with van der Waals surface area (Å²) >= 11 is 0. The minimum absolute atomic E-state index is 0.118. The van der Waals surface area contributed by atoms with Crippen LogP contribution in [0.25, 0.3) is 0 Å². The third kappa shape index (κ3) is 3.32. The number of aliphatic hydroxyl groups excluding tert-OH is 1.